The topological polar surface area (TPSA) is 85.3 Å². The third-order valence-electron chi connectivity index (χ3n) is 6.33. The molecule has 0 spiro atoms. The number of aliphatic hydroxyl groups excluding tert-OH is 1. The number of unbranched alkanes of at least 4 members (excludes halogenated alkanes) is 2. The molecule has 0 bridgehead atoms. The van der Waals surface area contributed by atoms with Gasteiger partial charge in [-0.2, -0.15) is 0 Å². The zero-order chi connectivity index (χ0) is 28.9. The van der Waals surface area contributed by atoms with Crippen molar-refractivity contribution in [3.8, 4) is 17.2 Å². The van der Waals surface area contributed by atoms with Gasteiger partial charge in [-0.05, 0) is 60.5 Å². The Hall–Kier alpha value is -4.47. The lowest BCUT2D eigenvalue weighted by molar-refractivity contribution is -0.274. The Bertz CT molecular complexity index is 1400. The molecule has 40 heavy (non-hydrogen) atoms. The van der Waals surface area contributed by atoms with Crippen molar-refractivity contribution in [3.63, 3.8) is 0 Å². The van der Waals surface area contributed by atoms with Crippen molar-refractivity contribution in [3.05, 3.63) is 89.5 Å². The summed E-state index contributed by atoms with van der Waals surface area (Å²) in [5, 5.41) is 11.3. The number of halogens is 3. The van der Waals surface area contributed by atoms with Gasteiger partial charge in [0.1, 0.15) is 23.0 Å². The van der Waals surface area contributed by atoms with Crippen LogP contribution in [0.15, 0.2) is 78.4 Å². The molecule has 7 nitrogen and oxygen atoms in total. The predicted octanol–water partition coefficient (Wildman–Crippen LogP) is 6.79. The van der Waals surface area contributed by atoms with Crippen LogP contribution < -0.4 is 19.1 Å². The number of carbonyl (C=O) groups is 2. The first kappa shape index (κ1) is 28.5. The highest BCUT2D eigenvalue weighted by atomic mass is 19.4. The summed E-state index contributed by atoms with van der Waals surface area (Å²) in [6.45, 7) is 2.63. The van der Waals surface area contributed by atoms with Crippen molar-refractivity contribution < 1.29 is 42.1 Å². The van der Waals surface area contributed by atoms with E-state index in [2.05, 4.69) is 11.7 Å². The highest BCUT2D eigenvalue weighted by Gasteiger charge is 2.47. The number of ether oxygens (including phenoxy) is 3. The normalized spacial score (nSPS) is 16.7. The summed E-state index contributed by atoms with van der Waals surface area (Å²) in [5.41, 5.74) is 0.419. The number of rotatable bonds is 10. The predicted molar refractivity (Wildman–Crippen MR) is 142 cm³/mol. The van der Waals surface area contributed by atoms with Crippen molar-refractivity contribution >= 4 is 23.1 Å². The minimum Gasteiger partial charge on any atom is -0.507 e. The maximum atomic E-state index is 13.3. The van der Waals surface area contributed by atoms with Crippen LogP contribution in [0.5, 0.6) is 17.2 Å². The van der Waals surface area contributed by atoms with Crippen molar-refractivity contribution in [2.75, 3.05) is 18.6 Å². The second kappa shape index (κ2) is 12.1. The van der Waals surface area contributed by atoms with Crippen LogP contribution in [-0.2, 0) is 9.59 Å². The molecule has 1 fully saturated rings. The number of Topliss-reactive ketones (excluding diaryl/α,β-unsaturated/α-hetero) is 1. The van der Waals surface area contributed by atoms with E-state index in [1.54, 1.807) is 48.5 Å². The lowest BCUT2D eigenvalue weighted by Crippen LogP contribution is -2.29. The molecule has 0 saturated carbocycles. The van der Waals surface area contributed by atoms with Crippen LogP contribution in [-0.4, -0.2) is 36.9 Å². The van der Waals surface area contributed by atoms with Gasteiger partial charge in [0, 0.05) is 17.3 Å². The first-order valence-corrected chi connectivity index (χ1v) is 12.7. The number of benzene rings is 3. The van der Waals surface area contributed by atoms with Crippen LogP contribution in [0.4, 0.5) is 18.9 Å². The lowest BCUT2D eigenvalue weighted by atomic mass is 9.95. The minimum atomic E-state index is -4.95. The molecule has 1 N–H and O–H groups in total. The molecule has 3 aromatic rings. The van der Waals surface area contributed by atoms with Crippen LogP contribution in [0.25, 0.3) is 5.76 Å². The second-order valence-corrected chi connectivity index (χ2v) is 9.07. The molecule has 1 aliphatic heterocycles. The molecule has 0 radical (unpaired) electrons. The molecule has 10 heteroatoms. The Kier molecular flexibility index (Phi) is 8.67. The van der Waals surface area contributed by atoms with Gasteiger partial charge in [-0.1, -0.05) is 38.0 Å². The summed E-state index contributed by atoms with van der Waals surface area (Å²) in [4.78, 5) is 27.7. The van der Waals surface area contributed by atoms with Crippen molar-refractivity contribution in [2.24, 2.45) is 0 Å². The van der Waals surface area contributed by atoms with Crippen LogP contribution in [0.1, 0.15) is 43.4 Å². The molecule has 0 aromatic heterocycles. The Morgan fingerprint density at radius 3 is 2.30 bits per heavy atom. The summed E-state index contributed by atoms with van der Waals surface area (Å²) >= 11 is 0. The number of amides is 1. The van der Waals surface area contributed by atoms with Gasteiger partial charge in [-0.25, -0.2) is 0 Å². The van der Waals surface area contributed by atoms with Crippen LogP contribution in [0.3, 0.4) is 0 Å². The second-order valence-electron chi connectivity index (χ2n) is 9.07. The summed E-state index contributed by atoms with van der Waals surface area (Å²) in [5.74, 6) is -2.01. The van der Waals surface area contributed by atoms with Gasteiger partial charge in [-0.15, -0.1) is 13.2 Å². The number of nitrogens with zero attached hydrogens (tertiary/aromatic N) is 1. The molecule has 1 aliphatic rings. The molecule has 1 heterocycles. The number of hydrogen-bond donors (Lipinski definition) is 1. The zero-order valence-electron chi connectivity index (χ0n) is 21.9. The zero-order valence-corrected chi connectivity index (χ0v) is 21.9. The Morgan fingerprint density at radius 1 is 0.925 bits per heavy atom. The molecule has 4 rings (SSSR count). The summed E-state index contributed by atoms with van der Waals surface area (Å²) in [7, 11) is 1.44. The standard InChI is InChI=1S/C30H28F3NO6/c1-3-4-5-16-39-22-14-12-19(13-15-22)27(35)25-26(20-8-6-10-23(17-20)38-2)34(29(37)28(25)36)21-9-7-11-24(18-21)40-30(31,32)33/h6-15,17-18,26,35H,3-5,16H2,1-2H3/b27-25+. The molecule has 3 aromatic carbocycles. The number of ketones is 1. The van der Waals surface area contributed by atoms with E-state index in [-0.39, 0.29) is 16.8 Å². The maximum Gasteiger partial charge on any atom is 0.573 e. The molecule has 1 atom stereocenters. The van der Waals surface area contributed by atoms with Crippen LogP contribution >= 0.6 is 0 Å². The van der Waals surface area contributed by atoms with E-state index in [0.717, 1.165) is 36.3 Å². The number of methoxy groups -OCH3 is 1. The monoisotopic (exact) mass is 555 g/mol. The Balaban J connectivity index is 1.78. The molecule has 1 unspecified atom stereocenters. The van der Waals surface area contributed by atoms with Gasteiger partial charge in [0.15, 0.2) is 0 Å². The molecule has 0 aliphatic carbocycles. The summed E-state index contributed by atoms with van der Waals surface area (Å²) in [6.07, 6.45) is -1.96. The molecule has 210 valence electrons. The van der Waals surface area contributed by atoms with Crippen LogP contribution in [0, 0.1) is 0 Å². The first-order chi connectivity index (χ1) is 19.1. The molecular weight excluding hydrogens is 527 g/mol. The van der Waals surface area contributed by atoms with E-state index >= 15 is 0 Å². The third-order valence-corrected chi connectivity index (χ3v) is 6.33. The minimum absolute atomic E-state index is 0.0217. The Labute approximate surface area is 229 Å². The van der Waals surface area contributed by atoms with Gasteiger partial charge < -0.3 is 19.3 Å². The first-order valence-electron chi connectivity index (χ1n) is 12.7. The van der Waals surface area contributed by atoms with E-state index < -0.39 is 35.6 Å². The third kappa shape index (κ3) is 6.39. The van der Waals surface area contributed by atoms with E-state index in [0.29, 0.717) is 23.7 Å². The number of carbonyl (C=O) groups excluding carboxylic acids is 2. The van der Waals surface area contributed by atoms with Gasteiger partial charge in [0.2, 0.25) is 0 Å². The van der Waals surface area contributed by atoms with E-state index in [9.17, 15) is 27.9 Å². The fraction of sp³-hybridized carbons (Fsp3) is 0.267. The number of hydrogen-bond acceptors (Lipinski definition) is 6. The van der Waals surface area contributed by atoms with Crippen LogP contribution in [0.2, 0.25) is 0 Å². The molecule has 1 amide bonds. The molecular formula is C30H28F3NO6. The Morgan fingerprint density at radius 2 is 1.62 bits per heavy atom. The highest BCUT2D eigenvalue weighted by Crippen LogP contribution is 2.43. The van der Waals surface area contributed by atoms with Gasteiger partial charge >= 0.3 is 6.36 Å². The highest BCUT2D eigenvalue weighted by molar-refractivity contribution is 6.51. The smallest absolute Gasteiger partial charge is 0.507 e. The summed E-state index contributed by atoms with van der Waals surface area (Å²) in [6, 6.07) is 16.5. The molecule has 1 saturated heterocycles. The van der Waals surface area contributed by atoms with Gasteiger partial charge in [0.05, 0.1) is 25.3 Å². The average molecular weight is 556 g/mol. The maximum absolute atomic E-state index is 13.3. The number of anilines is 1. The SMILES string of the molecule is CCCCCOc1ccc(/C(O)=C2\C(=O)C(=O)N(c3cccc(OC(F)(F)F)c3)C2c2cccc(OC)c2)cc1. The van der Waals surface area contributed by atoms with Gasteiger partial charge in [-0.3, -0.25) is 14.5 Å². The van der Waals surface area contributed by atoms with E-state index in [1.807, 2.05) is 0 Å². The van der Waals surface area contributed by atoms with Crippen molar-refractivity contribution in [2.45, 2.75) is 38.6 Å². The summed E-state index contributed by atoms with van der Waals surface area (Å²) < 4.78 is 53.7. The lowest BCUT2D eigenvalue weighted by Gasteiger charge is -2.26. The fourth-order valence-electron chi connectivity index (χ4n) is 4.46. The number of alkyl halides is 3. The fourth-order valence-corrected chi connectivity index (χ4v) is 4.46. The number of aliphatic hydroxyl groups is 1. The average Bonchev–Trinajstić information content (AvgIpc) is 3.20. The largest absolute Gasteiger partial charge is 0.573 e. The van der Waals surface area contributed by atoms with E-state index in [4.69, 9.17) is 9.47 Å². The van der Waals surface area contributed by atoms with Crippen molar-refractivity contribution in [1.29, 1.82) is 0 Å². The van der Waals surface area contributed by atoms with Gasteiger partial charge in [0.25, 0.3) is 11.7 Å². The van der Waals surface area contributed by atoms with E-state index in [1.165, 1.54) is 19.2 Å². The van der Waals surface area contributed by atoms with Crippen molar-refractivity contribution in [1.82, 2.24) is 0 Å². The quantitative estimate of drug-likeness (QED) is 0.128.